The van der Waals surface area contributed by atoms with Gasteiger partial charge in [0.15, 0.2) is 0 Å². The van der Waals surface area contributed by atoms with Crippen molar-refractivity contribution in [1.82, 2.24) is 4.90 Å². The highest BCUT2D eigenvalue weighted by Crippen LogP contribution is 2.12. The second-order valence-electron chi connectivity index (χ2n) is 5.79. The van der Waals surface area contributed by atoms with Crippen LogP contribution in [-0.2, 0) is 6.54 Å². The van der Waals surface area contributed by atoms with E-state index in [1.807, 2.05) is 0 Å². The standard InChI is InChI=1S/C15H26N2/c1-13(2)17(11-10-15(3,4)16)12-14-8-6-5-7-9-14/h5-9,13H,10-12,16H2,1-4H3. The molecule has 0 unspecified atom stereocenters. The molecule has 1 rings (SSSR count). The fraction of sp³-hybridized carbons (Fsp3) is 0.600. The Balaban J connectivity index is 2.55. The van der Waals surface area contributed by atoms with E-state index in [0.29, 0.717) is 6.04 Å². The molecule has 2 heteroatoms. The van der Waals surface area contributed by atoms with Crippen LogP contribution in [0.25, 0.3) is 0 Å². The van der Waals surface area contributed by atoms with Crippen LogP contribution in [0.15, 0.2) is 30.3 Å². The van der Waals surface area contributed by atoms with Crippen LogP contribution in [0.2, 0.25) is 0 Å². The summed E-state index contributed by atoms with van der Waals surface area (Å²) in [5.74, 6) is 0. The maximum absolute atomic E-state index is 6.05. The van der Waals surface area contributed by atoms with Gasteiger partial charge in [-0.3, -0.25) is 4.90 Å². The van der Waals surface area contributed by atoms with E-state index in [4.69, 9.17) is 5.73 Å². The van der Waals surface area contributed by atoms with Crippen molar-refractivity contribution in [3.05, 3.63) is 35.9 Å². The van der Waals surface area contributed by atoms with E-state index in [1.165, 1.54) is 5.56 Å². The van der Waals surface area contributed by atoms with Gasteiger partial charge in [-0.05, 0) is 39.7 Å². The monoisotopic (exact) mass is 234 g/mol. The van der Waals surface area contributed by atoms with Crippen molar-refractivity contribution in [2.75, 3.05) is 6.54 Å². The molecule has 0 atom stereocenters. The zero-order valence-electron chi connectivity index (χ0n) is 11.6. The molecule has 1 aromatic carbocycles. The number of nitrogens with zero attached hydrogens (tertiary/aromatic N) is 1. The molecule has 0 aromatic heterocycles. The van der Waals surface area contributed by atoms with Crippen LogP contribution in [0.5, 0.6) is 0 Å². The van der Waals surface area contributed by atoms with Gasteiger partial charge in [-0.2, -0.15) is 0 Å². The highest BCUT2D eigenvalue weighted by atomic mass is 15.1. The Bertz CT molecular complexity index is 311. The predicted octanol–water partition coefficient (Wildman–Crippen LogP) is 3.02. The fourth-order valence-corrected chi connectivity index (χ4v) is 1.77. The summed E-state index contributed by atoms with van der Waals surface area (Å²) in [6.45, 7) is 10.7. The molecule has 0 aliphatic rings. The van der Waals surface area contributed by atoms with Crippen molar-refractivity contribution in [2.45, 2.75) is 52.2 Å². The zero-order valence-corrected chi connectivity index (χ0v) is 11.6. The molecule has 0 heterocycles. The number of benzene rings is 1. The molecule has 0 radical (unpaired) electrons. The smallest absolute Gasteiger partial charge is 0.0236 e. The molecule has 0 saturated heterocycles. The van der Waals surface area contributed by atoms with Gasteiger partial charge in [-0.15, -0.1) is 0 Å². The number of hydrogen-bond acceptors (Lipinski definition) is 2. The summed E-state index contributed by atoms with van der Waals surface area (Å²) in [5, 5.41) is 0. The van der Waals surface area contributed by atoms with Gasteiger partial charge in [0.1, 0.15) is 0 Å². The lowest BCUT2D eigenvalue weighted by Gasteiger charge is -2.30. The highest BCUT2D eigenvalue weighted by Gasteiger charge is 2.15. The van der Waals surface area contributed by atoms with Gasteiger partial charge in [-0.25, -0.2) is 0 Å². The summed E-state index contributed by atoms with van der Waals surface area (Å²) < 4.78 is 0. The molecule has 96 valence electrons. The zero-order chi connectivity index (χ0) is 12.9. The first kappa shape index (κ1) is 14.2. The van der Waals surface area contributed by atoms with Crippen LogP contribution in [0.4, 0.5) is 0 Å². The van der Waals surface area contributed by atoms with E-state index in [1.54, 1.807) is 0 Å². The van der Waals surface area contributed by atoms with E-state index in [-0.39, 0.29) is 5.54 Å². The molecule has 0 saturated carbocycles. The largest absolute Gasteiger partial charge is 0.326 e. The highest BCUT2D eigenvalue weighted by molar-refractivity contribution is 5.14. The molecule has 0 bridgehead atoms. The van der Waals surface area contributed by atoms with Gasteiger partial charge in [-0.1, -0.05) is 30.3 Å². The van der Waals surface area contributed by atoms with Gasteiger partial charge in [0, 0.05) is 24.7 Å². The molecule has 17 heavy (non-hydrogen) atoms. The molecule has 0 spiro atoms. The van der Waals surface area contributed by atoms with Crippen LogP contribution < -0.4 is 5.73 Å². The summed E-state index contributed by atoms with van der Waals surface area (Å²) in [7, 11) is 0. The van der Waals surface area contributed by atoms with E-state index in [0.717, 1.165) is 19.5 Å². The Morgan fingerprint density at radius 2 is 1.76 bits per heavy atom. The lowest BCUT2D eigenvalue weighted by Crippen LogP contribution is -2.39. The first-order chi connectivity index (χ1) is 7.88. The van der Waals surface area contributed by atoms with Gasteiger partial charge in [0.25, 0.3) is 0 Å². The summed E-state index contributed by atoms with van der Waals surface area (Å²) in [6, 6.07) is 11.2. The third-order valence-corrected chi connectivity index (χ3v) is 3.00. The van der Waals surface area contributed by atoms with Crippen LogP contribution >= 0.6 is 0 Å². The van der Waals surface area contributed by atoms with Crippen molar-refractivity contribution in [2.24, 2.45) is 5.73 Å². The summed E-state index contributed by atoms with van der Waals surface area (Å²) in [6.07, 6.45) is 1.03. The Morgan fingerprint density at radius 1 is 1.18 bits per heavy atom. The Hall–Kier alpha value is -0.860. The van der Waals surface area contributed by atoms with Crippen LogP contribution in [0, 0.1) is 0 Å². The first-order valence-corrected chi connectivity index (χ1v) is 6.45. The fourth-order valence-electron chi connectivity index (χ4n) is 1.77. The maximum atomic E-state index is 6.05. The molecule has 1 aromatic rings. The average Bonchev–Trinajstić information content (AvgIpc) is 2.24. The Labute approximate surface area is 106 Å². The van der Waals surface area contributed by atoms with Crippen molar-refractivity contribution in [1.29, 1.82) is 0 Å². The quantitative estimate of drug-likeness (QED) is 0.820. The van der Waals surface area contributed by atoms with Gasteiger partial charge >= 0.3 is 0 Å². The number of nitrogens with two attached hydrogens (primary N) is 1. The first-order valence-electron chi connectivity index (χ1n) is 6.45. The molecule has 0 fully saturated rings. The topological polar surface area (TPSA) is 29.3 Å². The van der Waals surface area contributed by atoms with Crippen LogP contribution in [-0.4, -0.2) is 23.0 Å². The summed E-state index contributed by atoms with van der Waals surface area (Å²) in [5.41, 5.74) is 7.34. The molecule has 0 aliphatic heterocycles. The summed E-state index contributed by atoms with van der Waals surface area (Å²) in [4.78, 5) is 2.48. The van der Waals surface area contributed by atoms with E-state index in [9.17, 15) is 0 Å². The minimum atomic E-state index is -0.0795. The normalized spacial score (nSPS) is 12.4. The van der Waals surface area contributed by atoms with Gasteiger partial charge in [0.2, 0.25) is 0 Å². The van der Waals surface area contributed by atoms with Crippen molar-refractivity contribution in [3.63, 3.8) is 0 Å². The van der Waals surface area contributed by atoms with E-state index < -0.39 is 0 Å². The minimum absolute atomic E-state index is 0.0795. The van der Waals surface area contributed by atoms with Crippen molar-refractivity contribution < 1.29 is 0 Å². The third kappa shape index (κ3) is 5.85. The Morgan fingerprint density at radius 3 is 2.24 bits per heavy atom. The van der Waals surface area contributed by atoms with Crippen LogP contribution in [0.3, 0.4) is 0 Å². The van der Waals surface area contributed by atoms with Gasteiger partial charge in [0.05, 0.1) is 0 Å². The minimum Gasteiger partial charge on any atom is -0.326 e. The molecule has 0 amide bonds. The Kier molecular flexibility index (Phi) is 5.16. The molecule has 2 nitrogen and oxygen atoms in total. The lowest BCUT2D eigenvalue weighted by molar-refractivity contribution is 0.195. The third-order valence-electron chi connectivity index (χ3n) is 3.00. The summed E-state index contributed by atoms with van der Waals surface area (Å²) >= 11 is 0. The lowest BCUT2D eigenvalue weighted by atomic mass is 10.0. The SMILES string of the molecule is CC(C)N(CCC(C)(C)N)Cc1ccccc1. The van der Waals surface area contributed by atoms with E-state index >= 15 is 0 Å². The second kappa shape index (κ2) is 6.18. The number of hydrogen-bond donors (Lipinski definition) is 1. The van der Waals surface area contributed by atoms with E-state index in [2.05, 4.69) is 62.9 Å². The predicted molar refractivity (Wildman–Crippen MR) is 74.9 cm³/mol. The van der Waals surface area contributed by atoms with Gasteiger partial charge < -0.3 is 5.73 Å². The molecular weight excluding hydrogens is 208 g/mol. The maximum Gasteiger partial charge on any atom is 0.0236 e. The molecule has 2 N–H and O–H groups in total. The molecular formula is C15H26N2. The van der Waals surface area contributed by atoms with Crippen molar-refractivity contribution >= 4 is 0 Å². The van der Waals surface area contributed by atoms with Crippen LogP contribution in [0.1, 0.15) is 39.7 Å². The molecule has 0 aliphatic carbocycles. The van der Waals surface area contributed by atoms with Crippen molar-refractivity contribution in [3.8, 4) is 0 Å². The second-order valence-corrected chi connectivity index (χ2v) is 5.79. The average molecular weight is 234 g/mol. The number of rotatable bonds is 6.